The zero-order chi connectivity index (χ0) is 79.3. The fourth-order valence-electron chi connectivity index (χ4n) is 12.0. The van der Waals surface area contributed by atoms with Crippen LogP contribution in [0.25, 0.3) is 10.8 Å². The highest BCUT2D eigenvalue weighted by Crippen LogP contribution is 2.54. The number of nitrogens with two attached hydrogens (primary N) is 1. The number of carbonyl (C=O) groups excluding carboxylic acids is 13. The van der Waals surface area contributed by atoms with E-state index in [0.717, 1.165) is 33.1 Å². The van der Waals surface area contributed by atoms with E-state index >= 15 is 0 Å². The van der Waals surface area contributed by atoms with Gasteiger partial charge in [-0.05, 0) is 64.4 Å². The van der Waals surface area contributed by atoms with Crippen molar-refractivity contribution in [2.24, 2.45) is 53.1 Å². The third kappa shape index (κ3) is 20.6. The first-order valence-corrected chi connectivity index (χ1v) is 33.9. The van der Waals surface area contributed by atoms with Gasteiger partial charge in [0.05, 0.1) is 54.4 Å². The lowest BCUT2D eigenvalue weighted by atomic mass is 9.72. The summed E-state index contributed by atoms with van der Waals surface area (Å²) in [5.74, 6) is -26.2. The number of phenolic OH excluding ortho intramolecular Hbond substituents is 2. The zero-order valence-corrected chi connectivity index (χ0v) is 60.3. The van der Waals surface area contributed by atoms with Gasteiger partial charge in [0, 0.05) is 72.8 Å². The highest BCUT2D eigenvalue weighted by atomic mass is 16.7. The molecule has 2 aromatic rings. The second-order valence-electron chi connectivity index (χ2n) is 27.3. The molecule has 21 N–H and O–H groups in total. The number of aliphatic hydroxyl groups is 8. The lowest BCUT2D eigenvalue weighted by Gasteiger charge is -2.37. The summed E-state index contributed by atoms with van der Waals surface area (Å²) in [5.41, 5.74) is 4.31. The highest BCUT2D eigenvalue weighted by Gasteiger charge is 2.50. The molecule has 105 heavy (non-hydrogen) atoms. The van der Waals surface area contributed by atoms with Gasteiger partial charge in [-0.1, -0.05) is 66.7 Å². The maximum absolute atomic E-state index is 14.8. The number of ketones is 3. The van der Waals surface area contributed by atoms with Crippen molar-refractivity contribution in [2.45, 2.75) is 175 Å². The molecule has 20 atom stereocenters. The quantitative estimate of drug-likeness (QED) is 0.0592. The lowest BCUT2D eigenvalue weighted by molar-refractivity contribution is -0.144. The Labute approximate surface area is 603 Å². The fourth-order valence-corrected chi connectivity index (χ4v) is 12.0. The summed E-state index contributed by atoms with van der Waals surface area (Å²) in [6.45, 7) is 13.9. The number of rotatable bonds is 15. The molecule has 36 heteroatoms. The first-order valence-electron chi connectivity index (χ1n) is 33.9. The van der Waals surface area contributed by atoms with Crippen molar-refractivity contribution in [3.8, 4) is 23.0 Å². The minimum absolute atomic E-state index is 0.0374. The number of allylic oxidation sites excluding steroid dienone is 2. The molecule has 2 aromatic carbocycles. The topological polar surface area (TPSA) is 586 Å². The van der Waals surface area contributed by atoms with E-state index in [4.69, 9.17) is 19.9 Å². The molecule has 0 aromatic heterocycles. The number of β-amino-alcohol motifs (C(OH)–C–C–N with tert-alkyl or cyclic N) is 1. The number of hydrogen-bond donors (Lipinski definition) is 20. The molecule has 0 radical (unpaired) electrons. The van der Waals surface area contributed by atoms with Crippen LogP contribution in [-0.2, 0) is 62.3 Å². The predicted molar refractivity (Wildman–Crippen MR) is 369 cm³/mol. The molecule has 36 nitrogen and oxygen atoms in total. The van der Waals surface area contributed by atoms with Gasteiger partial charge in [0.15, 0.2) is 36.1 Å². The van der Waals surface area contributed by atoms with E-state index in [-0.39, 0.29) is 39.7 Å². The van der Waals surface area contributed by atoms with Gasteiger partial charge in [-0.25, -0.2) is 0 Å². The maximum Gasteiger partial charge on any atom is 0.312 e. The highest BCUT2D eigenvalue weighted by molar-refractivity contribution is 6.22. The van der Waals surface area contributed by atoms with Crippen molar-refractivity contribution in [1.29, 1.82) is 0 Å². The molecule has 0 aliphatic carbocycles. The van der Waals surface area contributed by atoms with Gasteiger partial charge in [-0.2, -0.15) is 0 Å². The van der Waals surface area contributed by atoms with Crippen LogP contribution in [0.2, 0.25) is 0 Å². The van der Waals surface area contributed by atoms with Crippen LogP contribution in [0.5, 0.6) is 23.0 Å². The summed E-state index contributed by atoms with van der Waals surface area (Å²) < 4.78 is 18.2. The number of nitrogens with one attached hydrogen (secondary N) is 9. The molecule has 11 unspecified atom stereocenters. The molecule has 4 aliphatic rings. The largest absolute Gasteiger partial charge is 0.507 e. The molecule has 5 bridgehead atoms. The minimum Gasteiger partial charge on any atom is -0.507 e. The Kier molecular flexibility index (Phi) is 30.2. The summed E-state index contributed by atoms with van der Waals surface area (Å²) in [7, 11) is 0. The smallest absolute Gasteiger partial charge is 0.312 e. The number of phenols is 2. The number of aromatic hydroxyl groups is 2. The van der Waals surface area contributed by atoms with Crippen molar-refractivity contribution in [3.05, 3.63) is 53.3 Å². The van der Waals surface area contributed by atoms with Crippen LogP contribution in [0.15, 0.2) is 42.2 Å². The van der Waals surface area contributed by atoms with E-state index in [0.29, 0.717) is 0 Å². The number of hydrogen-bond acceptors (Lipinski definition) is 26. The number of carbonyl (C=O) groups is 13. The molecule has 4 heterocycles. The Morgan fingerprint density at radius 2 is 1.36 bits per heavy atom. The van der Waals surface area contributed by atoms with Gasteiger partial charge >= 0.3 is 5.79 Å². The van der Waals surface area contributed by atoms with Gasteiger partial charge in [-0.3, -0.25) is 62.3 Å². The van der Waals surface area contributed by atoms with Gasteiger partial charge in [0.1, 0.15) is 59.7 Å². The van der Waals surface area contributed by atoms with E-state index in [1.807, 2.05) is 36.7 Å². The first kappa shape index (κ1) is 86.0. The molecule has 1 fully saturated rings. The standard InChI is InChI=1S/C69H98N10O26/c1-26(2)38-19-42(84)41(24-81)76-64(98)40(75-67(101)50(36(12)83)77-65(99)43(85)22-72-66(100)49(35(11)82)78-68(102)51(79-63(38)97)56(91)57(92)60(70)94)21-71-62(96)34(10)73-45(86)25-103-44-20-39-55(90)47-46(44)48-58(33(9)54(47)89)105-69(13,59(48)93)104-18-17-37(23-80)30(6)29(5)31(7)53(88)32(8)52(87)27(3)15-14-16-28(4)61(95)74-39/h14-18,20,26-27,29-32,34-35,37-38,40-41,43,49-53,56-57,80-82,85,87-92H,19,21-25H2,1-13H3,(H2,70,94)(H,71,96)(H,72,100)(H,73,86)(H,74,95)(H,75,101)(H,76,98)(H,77,99)(H,78,102)(H,79,97)/b15-14+,18-17+,28-16-/t27-,29+,30-,31-,32+,34?,35?,37+,38?,40?,41?,43?,49?,50?,51?,52-,53-,56?,57?,69-/m0/s1. The van der Waals surface area contributed by atoms with Crippen molar-refractivity contribution >= 4 is 92.9 Å². The second kappa shape index (κ2) is 36.8. The first-order chi connectivity index (χ1) is 49.0. The molecule has 4 aliphatic heterocycles. The van der Waals surface area contributed by atoms with E-state index in [1.165, 1.54) is 52.8 Å². The molecule has 0 spiro atoms. The van der Waals surface area contributed by atoms with E-state index in [2.05, 4.69) is 31.9 Å². The Hall–Kier alpha value is -9.69. The van der Waals surface area contributed by atoms with Crippen molar-refractivity contribution in [1.82, 2.24) is 42.5 Å². The summed E-state index contributed by atoms with van der Waals surface area (Å²) in [4.78, 5) is 178. The zero-order valence-electron chi connectivity index (χ0n) is 60.3. The van der Waals surface area contributed by atoms with Crippen LogP contribution >= 0.6 is 0 Å². The van der Waals surface area contributed by atoms with Crippen LogP contribution in [0.4, 0.5) is 5.69 Å². The van der Waals surface area contributed by atoms with Crippen molar-refractivity contribution < 1.29 is 128 Å². The van der Waals surface area contributed by atoms with E-state index in [1.54, 1.807) is 19.9 Å². The number of anilines is 1. The van der Waals surface area contributed by atoms with Gasteiger partial charge < -0.3 is 119 Å². The third-order valence-electron chi connectivity index (χ3n) is 19.3. The van der Waals surface area contributed by atoms with Crippen LogP contribution in [0, 0.1) is 54.3 Å². The third-order valence-corrected chi connectivity index (χ3v) is 19.3. The van der Waals surface area contributed by atoms with Gasteiger partial charge in [0.2, 0.25) is 35.4 Å². The molecule has 580 valence electrons. The summed E-state index contributed by atoms with van der Waals surface area (Å²) in [5, 5.41) is 129. The monoisotopic (exact) mass is 1480 g/mol. The van der Waals surface area contributed by atoms with Crippen LogP contribution in [0.1, 0.15) is 105 Å². The molecule has 1 saturated heterocycles. The average molecular weight is 1480 g/mol. The number of aliphatic hydroxyl groups excluding tert-OH is 8. The molecular weight excluding hydrogens is 1380 g/mol. The van der Waals surface area contributed by atoms with Crippen molar-refractivity contribution in [2.75, 3.05) is 38.2 Å². The number of primary amides is 1. The van der Waals surface area contributed by atoms with Gasteiger partial charge in [0.25, 0.3) is 29.4 Å². The normalized spacial score (nSPS) is 30.6. The predicted octanol–water partition coefficient (Wildman–Crippen LogP) is -4.34. The van der Waals surface area contributed by atoms with Gasteiger partial charge in [-0.15, -0.1) is 0 Å². The fraction of sp³-hybridized carbons (Fsp3) is 0.580. The molecule has 6 rings (SSSR count). The van der Waals surface area contributed by atoms with Crippen LogP contribution in [-0.4, -0.2) is 239 Å². The maximum atomic E-state index is 14.8. The Morgan fingerprint density at radius 3 is 1.95 bits per heavy atom. The average Bonchev–Trinajstić information content (AvgIpc) is 1.58. The number of fused-ring (bicyclic) bond motifs is 14. The molecular formula is C69H98N10O26. The van der Waals surface area contributed by atoms with Crippen molar-refractivity contribution in [3.63, 3.8) is 0 Å². The SMILES string of the molecule is CC(=O)C1NC(=O)C(O)CNC(=O)C(C(C)O)NC(=O)C(C(O)C(O)C(N)=O)NC(=O)C(C(C)C)CC(=O)C(CO)NC(=O)C(CNC(=O)C(C)NC(=O)COc2cc3c(O)c4c(O)c(C)c5c(c24)C(=O)[C@@](C)(O/C=C/[C@H](CO)[C@@H](C)[C@@H](C)[C@H](C)[C@H](O)[C@H](C)[C@@H](O)[C@@H](C)/C=C/C=C(/C)C(=O)N3)O5)NC1=O. The Balaban J connectivity index is 1.50. The van der Waals surface area contributed by atoms with E-state index < -0.39 is 258 Å². The minimum atomic E-state index is -2.58. The number of ether oxygens (including phenoxy) is 3. The molecule has 0 saturated carbocycles. The number of benzene rings is 2. The number of Topliss-reactive ketones (excluding diaryl/α,β-unsaturated/α-hetero) is 3. The summed E-state index contributed by atoms with van der Waals surface area (Å²) in [6.07, 6.45) is -5.14. The second-order valence-corrected chi connectivity index (χ2v) is 27.3. The van der Waals surface area contributed by atoms with Crippen LogP contribution in [0.3, 0.4) is 0 Å². The summed E-state index contributed by atoms with van der Waals surface area (Å²) in [6, 6.07) is -11.4. The Bertz CT molecular complexity index is 3750. The number of amides is 10. The van der Waals surface area contributed by atoms with Crippen LogP contribution < -0.4 is 63.1 Å². The van der Waals surface area contributed by atoms with E-state index in [9.17, 15) is 113 Å². The Morgan fingerprint density at radius 1 is 0.733 bits per heavy atom. The lowest BCUT2D eigenvalue weighted by Crippen LogP contribution is -2.64. The molecule has 10 amide bonds. The summed E-state index contributed by atoms with van der Waals surface area (Å²) >= 11 is 0.